The van der Waals surface area contributed by atoms with Gasteiger partial charge in [0.1, 0.15) is 0 Å². The number of aliphatic hydroxyl groups is 1. The van der Waals surface area contributed by atoms with Gasteiger partial charge in [0.05, 0.1) is 6.61 Å². The number of hydrogen-bond donors (Lipinski definition) is 1. The van der Waals surface area contributed by atoms with Crippen LogP contribution in [0.1, 0.15) is 44.7 Å². The summed E-state index contributed by atoms with van der Waals surface area (Å²) in [7, 11) is 0. The summed E-state index contributed by atoms with van der Waals surface area (Å²) in [4.78, 5) is 26.7. The summed E-state index contributed by atoms with van der Waals surface area (Å²) in [5, 5.41) is 9.84. The summed E-state index contributed by atoms with van der Waals surface area (Å²) in [5.41, 5.74) is 0.714. The van der Waals surface area contributed by atoms with Crippen molar-refractivity contribution in [2.45, 2.75) is 64.6 Å². The van der Waals surface area contributed by atoms with Crippen molar-refractivity contribution >= 4 is 5.91 Å². The highest BCUT2D eigenvalue weighted by molar-refractivity contribution is 5.77. The molecule has 2 saturated heterocycles. The van der Waals surface area contributed by atoms with Crippen LogP contribution in [0.25, 0.3) is 0 Å². The molecule has 126 valence electrons. The van der Waals surface area contributed by atoms with Gasteiger partial charge in [-0.25, -0.2) is 0 Å². The SMILES string of the molecule is CC[C@]1(CO)C[C@H]2CC[C@@H]1N2C(=O)CCn1c(C)cccc1=O. The largest absolute Gasteiger partial charge is 0.396 e. The van der Waals surface area contributed by atoms with E-state index in [1.165, 1.54) is 6.07 Å². The zero-order chi connectivity index (χ0) is 16.6. The van der Waals surface area contributed by atoms with Gasteiger partial charge in [-0.3, -0.25) is 9.59 Å². The highest BCUT2D eigenvalue weighted by Crippen LogP contribution is 2.51. The topological polar surface area (TPSA) is 62.5 Å². The molecule has 3 heterocycles. The maximum absolute atomic E-state index is 12.8. The average Bonchev–Trinajstić information content (AvgIpc) is 3.10. The van der Waals surface area contributed by atoms with E-state index < -0.39 is 0 Å². The van der Waals surface area contributed by atoms with Gasteiger partial charge in [-0.15, -0.1) is 0 Å². The molecule has 0 aromatic carbocycles. The third-order valence-electron chi connectivity index (χ3n) is 5.98. The Balaban J connectivity index is 1.71. The summed E-state index contributed by atoms with van der Waals surface area (Å²) in [6.07, 6.45) is 4.22. The van der Waals surface area contributed by atoms with Crippen LogP contribution in [-0.4, -0.2) is 39.2 Å². The molecule has 0 aliphatic carbocycles. The van der Waals surface area contributed by atoms with Crippen LogP contribution in [0.4, 0.5) is 0 Å². The maximum atomic E-state index is 12.8. The number of carbonyl (C=O) groups is 1. The molecule has 1 N–H and O–H groups in total. The first-order valence-electron chi connectivity index (χ1n) is 8.61. The van der Waals surface area contributed by atoms with Crippen LogP contribution in [0.2, 0.25) is 0 Å². The second-order valence-corrected chi connectivity index (χ2v) is 7.03. The van der Waals surface area contributed by atoms with Gasteiger partial charge >= 0.3 is 0 Å². The molecule has 5 nitrogen and oxygen atoms in total. The van der Waals surface area contributed by atoms with Crippen molar-refractivity contribution in [2.24, 2.45) is 5.41 Å². The molecule has 5 heteroatoms. The average molecular weight is 318 g/mol. The third kappa shape index (κ3) is 2.61. The third-order valence-corrected chi connectivity index (χ3v) is 5.98. The van der Waals surface area contributed by atoms with Crippen molar-refractivity contribution in [2.75, 3.05) is 6.61 Å². The van der Waals surface area contributed by atoms with Gasteiger partial charge in [-0.2, -0.15) is 0 Å². The molecule has 2 aliphatic rings. The smallest absolute Gasteiger partial charge is 0.250 e. The lowest BCUT2D eigenvalue weighted by atomic mass is 9.72. The minimum Gasteiger partial charge on any atom is -0.396 e. The molecule has 2 fully saturated rings. The first-order chi connectivity index (χ1) is 11.0. The predicted molar refractivity (Wildman–Crippen MR) is 88.1 cm³/mol. The van der Waals surface area contributed by atoms with E-state index in [0.717, 1.165) is 31.4 Å². The number of aromatic nitrogens is 1. The summed E-state index contributed by atoms with van der Waals surface area (Å²) >= 11 is 0. The van der Waals surface area contributed by atoms with Gasteiger partial charge in [-0.1, -0.05) is 13.0 Å². The minimum absolute atomic E-state index is 0.0551. The molecule has 0 spiro atoms. The number of carbonyl (C=O) groups excluding carboxylic acids is 1. The molecule has 0 unspecified atom stereocenters. The number of aliphatic hydroxyl groups excluding tert-OH is 1. The number of rotatable bonds is 5. The summed E-state index contributed by atoms with van der Waals surface area (Å²) in [6, 6.07) is 5.61. The molecular weight excluding hydrogens is 292 g/mol. The zero-order valence-corrected chi connectivity index (χ0v) is 14.0. The van der Waals surface area contributed by atoms with Crippen molar-refractivity contribution in [1.29, 1.82) is 0 Å². The lowest BCUT2D eigenvalue weighted by molar-refractivity contribution is -0.133. The molecule has 0 radical (unpaired) electrons. The fourth-order valence-electron chi connectivity index (χ4n) is 4.58. The molecule has 2 bridgehead atoms. The molecule has 0 saturated carbocycles. The van der Waals surface area contributed by atoms with Crippen molar-refractivity contribution in [3.05, 3.63) is 34.2 Å². The van der Waals surface area contributed by atoms with Gasteiger partial charge < -0.3 is 14.6 Å². The molecule has 2 aliphatic heterocycles. The normalized spacial score (nSPS) is 29.3. The van der Waals surface area contributed by atoms with E-state index in [9.17, 15) is 14.7 Å². The van der Waals surface area contributed by atoms with Crippen LogP contribution < -0.4 is 5.56 Å². The second-order valence-electron chi connectivity index (χ2n) is 7.03. The van der Waals surface area contributed by atoms with E-state index in [1.54, 1.807) is 10.6 Å². The Labute approximate surface area is 136 Å². The van der Waals surface area contributed by atoms with E-state index in [0.29, 0.717) is 13.0 Å². The zero-order valence-electron chi connectivity index (χ0n) is 14.0. The van der Waals surface area contributed by atoms with Crippen LogP contribution in [0, 0.1) is 12.3 Å². The number of pyridine rings is 1. The number of hydrogen-bond acceptors (Lipinski definition) is 3. The Morgan fingerprint density at radius 3 is 2.78 bits per heavy atom. The maximum Gasteiger partial charge on any atom is 0.250 e. The van der Waals surface area contributed by atoms with E-state index >= 15 is 0 Å². The Bertz CT molecular complexity index is 648. The van der Waals surface area contributed by atoms with E-state index in [-0.39, 0.29) is 35.6 Å². The Hall–Kier alpha value is -1.62. The predicted octanol–water partition coefficient (Wildman–Crippen LogP) is 1.70. The Morgan fingerprint density at radius 1 is 1.39 bits per heavy atom. The fraction of sp³-hybridized carbons (Fsp3) is 0.667. The number of aryl methyl sites for hydroxylation is 1. The van der Waals surface area contributed by atoms with Crippen molar-refractivity contribution in [1.82, 2.24) is 9.47 Å². The van der Waals surface area contributed by atoms with Gasteiger partial charge in [0.2, 0.25) is 5.91 Å². The first-order valence-corrected chi connectivity index (χ1v) is 8.61. The van der Waals surface area contributed by atoms with Crippen LogP contribution in [0.15, 0.2) is 23.0 Å². The standard InChI is InChI=1S/C18H26N2O3/c1-3-18(12-21)11-14-7-8-15(18)20(14)17(23)9-10-19-13(2)5-4-6-16(19)22/h4-6,14-15,21H,3,7-12H2,1-2H3/t14-,15+,18-/m1/s1. The molecule has 1 aromatic rings. The molecular formula is C18H26N2O3. The minimum atomic E-state index is -0.113. The number of nitrogens with zero attached hydrogens (tertiary/aromatic N) is 2. The van der Waals surface area contributed by atoms with Gasteiger partial charge in [0.25, 0.3) is 5.56 Å². The second kappa shape index (κ2) is 6.11. The van der Waals surface area contributed by atoms with Crippen LogP contribution in [-0.2, 0) is 11.3 Å². The lowest BCUT2D eigenvalue weighted by Gasteiger charge is -2.34. The van der Waals surface area contributed by atoms with Crippen molar-refractivity contribution in [3.8, 4) is 0 Å². The molecule has 3 atom stereocenters. The monoisotopic (exact) mass is 318 g/mol. The van der Waals surface area contributed by atoms with E-state index in [2.05, 4.69) is 6.92 Å². The quantitative estimate of drug-likeness (QED) is 0.899. The molecule has 3 rings (SSSR count). The Morgan fingerprint density at radius 2 is 2.17 bits per heavy atom. The fourth-order valence-corrected chi connectivity index (χ4v) is 4.58. The molecule has 1 amide bonds. The molecule has 1 aromatic heterocycles. The van der Waals surface area contributed by atoms with E-state index in [4.69, 9.17) is 0 Å². The molecule has 23 heavy (non-hydrogen) atoms. The van der Waals surface area contributed by atoms with Gasteiger partial charge in [0, 0.05) is 42.2 Å². The summed E-state index contributed by atoms with van der Waals surface area (Å²) in [5.74, 6) is 0.122. The van der Waals surface area contributed by atoms with Gasteiger partial charge in [0.15, 0.2) is 0 Å². The number of amides is 1. The number of fused-ring (bicyclic) bond motifs is 2. The summed E-state index contributed by atoms with van der Waals surface area (Å²) in [6.45, 7) is 4.58. The van der Waals surface area contributed by atoms with Gasteiger partial charge in [-0.05, 0) is 38.7 Å². The Kier molecular flexibility index (Phi) is 4.32. The van der Waals surface area contributed by atoms with Crippen LogP contribution in [0.5, 0.6) is 0 Å². The van der Waals surface area contributed by atoms with Crippen molar-refractivity contribution in [3.63, 3.8) is 0 Å². The summed E-state index contributed by atoms with van der Waals surface area (Å²) < 4.78 is 1.66. The highest BCUT2D eigenvalue weighted by Gasteiger charge is 2.55. The first kappa shape index (κ1) is 16.2. The van der Waals surface area contributed by atoms with Crippen molar-refractivity contribution < 1.29 is 9.90 Å². The highest BCUT2D eigenvalue weighted by atomic mass is 16.3. The lowest BCUT2D eigenvalue weighted by Crippen LogP contribution is -2.42. The van der Waals surface area contributed by atoms with Crippen LogP contribution in [0.3, 0.4) is 0 Å². The van der Waals surface area contributed by atoms with E-state index in [1.807, 2.05) is 17.9 Å². The van der Waals surface area contributed by atoms with Crippen LogP contribution >= 0.6 is 0 Å².